The highest BCUT2D eigenvalue weighted by molar-refractivity contribution is 7.98. The molecule has 0 radical (unpaired) electrons. The molecule has 0 spiro atoms. The van der Waals surface area contributed by atoms with Gasteiger partial charge < -0.3 is 15.8 Å². The van der Waals surface area contributed by atoms with Crippen molar-refractivity contribution in [1.29, 1.82) is 0 Å². The van der Waals surface area contributed by atoms with E-state index in [2.05, 4.69) is 5.32 Å². The third-order valence-electron chi connectivity index (χ3n) is 2.64. The summed E-state index contributed by atoms with van der Waals surface area (Å²) in [5.41, 5.74) is 7.62. The summed E-state index contributed by atoms with van der Waals surface area (Å²) in [4.78, 5) is 11.9. The van der Waals surface area contributed by atoms with E-state index in [1.807, 2.05) is 37.4 Å². The van der Waals surface area contributed by atoms with Crippen molar-refractivity contribution in [2.75, 3.05) is 23.9 Å². The molecule has 19 heavy (non-hydrogen) atoms. The van der Waals surface area contributed by atoms with E-state index in [4.69, 9.17) is 10.5 Å². The van der Waals surface area contributed by atoms with Crippen molar-refractivity contribution >= 4 is 23.4 Å². The predicted octanol–water partition coefficient (Wildman–Crippen LogP) is 2.24. The molecule has 3 N–H and O–H groups in total. The molecule has 0 saturated heterocycles. The lowest BCUT2D eigenvalue weighted by Crippen LogP contribution is -2.36. The fraction of sp³-hybridized carbons (Fsp3) is 0.500. The SMILES string of the molecule is CCOCc1cccc(NC(=O)[C@@H](N)CCSC)c1. The minimum atomic E-state index is -0.456. The number of nitrogens with one attached hydrogen (secondary N) is 1. The molecule has 1 aromatic rings. The van der Waals surface area contributed by atoms with Gasteiger partial charge in [0, 0.05) is 12.3 Å². The second-order valence-corrected chi connectivity index (χ2v) is 5.20. The second-order valence-electron chi connectivity index (χ2n) is 4.21. The molecule has 106 valence electrons. The minimum absolute atomic E-state index is 0.136. The van der Waals surface area contributed by atoms with Crippen molar-refractivity contribution in [3.63, 3.8) is 0 Å². The first-order chi connectivity index (χ1) is 9.17. The number of thioether (sulfide) groups is 1. The van der Waals surface area contributed by atoms with Crippen LogP contribution < -0.4 is 11.1 Å². The zero-order chi connectivity index (χ0) is 14.1. The van der Waals surface area contributed by atoms with Crippen LogP contribution in [0.25, 0.3) is 0 Å². The van der Waals surface area contributed by atoms with Crippen LogP contribution in [0.5, 0.6) is 0 Å². The molecule has 0 aliphatic carbocycles. The van der Waals surface area contributed by atoms with Crippen molar-refractivity contribution in [3.8, 4) is 0 Å². The van der Waals surface area contributed by atoms with Gasteiger partial charge in [-0.25, -0.2) is 0 Å². The van der Waals surface area contributed by atoms with E-state index in [1.165, 1.54) is 0 Å². The van der Waals surface area contributed by atoms with Crippen molar-refractivity contribution in [2.24, 2.45) is 5.73 Å². The van der Waals surface area contributed by atoms with Crippen LogP contribution in [0.3, 0.4) is 0 Å². The van der Waals surface area contributed by atoms with Crippen LogP contribution in [0.1, 0.15) is 18.9 Å². The Morgan fingerprint density at radius 2 is 2.32 bits per heavy atom. The Balaban J connectivity index is 2.53. The van der Waals surface area contributed by atoms with Gasteiger partial charge in [0.15, 0.2) is 0 Å². The van der Waals surface area contributed by atoms with Crippen LogP contribution >= 0.6 is 11.8 Å². The Hall–Kier alpha value is -1.04. The molecule has 5 heteroatoms. The average Bonchev–Trinajstić information content (AvgIpc) is 2.42. The molecular formula is C14H22N2O2S. The molecule has 0 saturated carbocycles. The number of hydrogen-bond donors (Lipinski definition) is 2. The van der Waals surface area contributed by atoms with Crippen molar-refractivity contribution in [2.45, 2.75) is 26.0 Å². The van der Waals surface area contributed by atoms with E-state index in [9.17, 15) is 4.79 Å². The lowest BCUT2D eigenvalue weighted by molar-refractivity contribution is -0.117. The van der Waals surface area contributed by atoms with Gasteiger partial charge in [-0.15, -0.1) is 0 Å². The fourth-order valence-electron chi connectivity index (χ4n) is 1.57. The summed E-state index contributed by atoms with van der Waals surface area (Å²) in [6.45, 7) is 3.19. The van der Waals surface area contributed by atoms with Crippen molar-refractivity contribution < 1.29 is 9.53 Å². The summed E-state index contributed by atoms with van der Waals surface area (Å²) in [6.07, 6.45) is 2.69. The Kier molecular flexibility index (Phi) is 7.55. The maximum atomic E-state index is 11.9. The lowest BCUT2D eigenvalue weighted by Gasteiger charge is -2.12. The zero-order valence-corrected chi connectivity index (χ0v) is 12.3. The third-order valence-corrected chi connectivity index (χ3v) is 3.28. The van der Waals surface area contributed by atoms with Gasteiger partial charge in [0.25, 0.3) is 0 Å². The molecule has 0 aromatic heterocycles. The number of hydrogen-bond acceptors (Lipinski definition) is 4. The van der Waals surface area contributed by atoms with Gasteiger partial charge in [-0.1, -0.05) is 12.1 Å². The standard InChI is InChI=1S/C14H22N2O2S/c1-3-18-10-11-5-4-6-12(9-11)16-14(17)13(15)7-8-19-2/h4-6,9,13H,3,7-8,10,15H2,1-2H3,(H,16,17)/t13-/m0/s1. The lowest BCUT2D eigenvalue weighted by atomic mass is 10.2. The van der Waals surface area contributed by atoms with E-state index in [0.29, 0.717) is 19.6 Å². The summed E-state index contributed by atoms with van der Waals surface area (Å²) in [6, 6.07) is 7.18. The molecule has 0 aliphatic heterocycles. The summed E-state index contributed by atoms with van der Waals surface area (Å²) in [7, 11) is 0. The van der Waals surface area contributed by atoms with Gasteiger partial charge in [-0.3, -0.25) is 4.79 Å². The Morgan fingerprint density at radius 1 is 1.53 bits per heavy atom. The molecule has 1 aromatic carbocycles. The van der Waals surface area contributed by atoms with Crippen LogP contribution in [0.2, 0.25) is 0 Å². The number of carbonyl (C=O) groups excluding carboxylic acids is 1. The van der Waals surface area contributed by atoms with E-state index < -0.39 is 6.04 Å². The van der Waals surface area contributed by atoms with Crippen LogP contribution in [0, 0.1) is 0 Å². The van der Waals surface area contributed by atoms with E-state index in [0.717, 1.165) is 17.0 Å². The molecule has 1 rings (SSSR count). The van der Waals surface area contributed by atoms with E-state index in [1.54, 1.807) is 11.8 Å². The monoisotopic (exact) mass is 282 g/mol. The Morgan fingerprint density at radius 3 is 3.00 bits per heavy atom. The predicted molar refractivity (Wildman–Crippen MR) is 81.4 cm³/mol. The van der Waals surface area contributed by atoms with Gasteiger partial charge in [0.05, 0.1) is 12.6 Å². The number of rotatable bonds is 8. The molecule has 0 fully saturated rings. The number of benzene rings is 1. The molecule has 1 amide bonds. The van der Waals surface area contributed by atoms with Crippen molar-refractivity contribution in [3.05, 3.63) is 29.8 Å². The number of ether oxygens (including phenoxy) is 1. The minimum Gasteiger partial charge on any atom is -0.377 e. The molecule has 0 heterocycles. The van der Waals surface area contributed by atoms with E-state index >= 15 is 0 Å². The van der Waals surface area contributed by atoms with Gasteiger partial charge >= 0.3 is 0 Å². The number of amides is 1. The smallest absolute Gasteiger partial charge is 0.241 e. The highest BCUT2D eigenvalue weighted by Crippen LogP contribution is 2.12. The van der Waals surface area contributed by atoms with Crippen LogP contribution in [-0.4, -0.2) is 30.6 Å². The van der Waals surface area contributed by atoms with Crippen LogP contribution in [-0.2, 0) is 16.1 Å². The maximum absolute atomic E-state index is 11.9. The quantitative estimate of drug-likeness (QED) is 0.767. The largest absolute Gasteiger partial charge is 0.377 e. The maximum Gasteiger partial charge on any atom is 0.241 e. The normalized spacial score (nSPS) is 12.2. The Labute approximate surface area is 119 Å². The highest BCUT2D eigenvalue weighted by Gasteiger charge is 2.12. The topological polar surface area (TPSA) is 64.3 Å². The molecule has 4 nitrogen and oxygen atoms in total. The first kappa shape index (κ1) is 16.0. The molecule has 0 bridgehead atoms. The first-order valence-corrected chi connectivity index (χ1v) is 7.78. The number of carbonyl (C=O) groups is 1. The zero-order valence-electron chi connectivity index (χ0n) is 11.5. The van der Waals surface area contributed by atoms with Gasteiger partial charge in [0.2, 0.25) is 5.91 Å². The van der Waals surface area contributed by atoms with Crippen LogP contribution in [0.4, 0.5) is 5.69 Å². The number of anilines is 1. The van der Waals surface area contributed by atoms with Gasteiger partial charge in [-0.05, 0) is 43.0 Å². The third kappa shape index (κ3) is 6.09. The van der Waals surface area contributed by atoms with Gasteiger partial charge in [0.1, 0.15) is 0 Å². The van der Waals surface area contributed by atoms with Crippen LogP contribution in [0.15, 0.2) is 24.3 Å². The molecule has 0 unspecified atom stereocenters. The summed E-state index contributed by atoms with van der Waals surface area (Å²) < 4.78 is 5.34. The molecule has 1 atom stereocenters. The second kappa shape index (κ2) is 8.96. The van der Waals surface area contributed by atoms with Gasteiger partial charge in [-0.2, -0.15) is 11.8 Å². The summed E-state index contributed by atoms with van der Waals surface area (Å²) in [5, 5.41) is 2.84. The molecule has 0 aliphatic rings. The number of nitrogens with two attached hydrogens (primary N) is 1. The fourth-order valence-corrected chi connectivity index (χ4v) is 2.06. The average molecular weight is 282 g/mol. The Bertz CT molecular complexity index is 399. The first-order valence-electron chi connectivity index (χ1n) is 6.39. The summed E-state index contributed by atoms with van der Waals surface area (Å²) >= 11 is 1.69. The molecular weight excluding hydrogens is 260 g/mol. The van der Waals surface area contributed by atoms with E-state index in [-0.39, 0.29) is 5.91 Å². The highest BCUT2D eigenvalue weighted by atomic mass is 32.2. The van der Waals surface area contributed by atoms with Crippen molar-refractivity contribution in [1.82, 2.24) is 0 Å². The summed E-state index contributed by atoms with van der Waals surface area (Å²) in [5.74, 6) is 0.751.